The lowest BCUT2D eigenvalue weighted by Gasteiger charge is -2.17. The largest absolute Gasteiger partial charge is 0.478 e. The van der Waals surface area contributed by atoms with Gasteiger partial charge >= 0.3 is 5.97 Å². The monoisotopic (exact) mass is 274 g/mol. The van der Waals surface area contributed by atoms with Crippen molar-refractivity contribution >= 4 is 11.6 Å². The third kappa shape index (κ3) is 2.80. The van der Waals surface area contributed by atoms with E-state index < -0.39 is 5.97 Å². The molecule has 3 heterocycles. The molecule has 0 spiro atoms. The van der Waals surface area contributed by atoms with E-state index in [9.17, 15) is 4.79 Å². The Morgan fingerprint density at radius 1 is 1.25 bits per heavy atom. The Bertz CT molecular complexity index is 615. The zero-order valence-electron chi connectivity index (χ0n) is 11.3. The van der Waals surface area contributed by atoms with Crippen LogP contribution in [-0.2, 0) is 6.54 Å². The highest BCUT2D eigenvalue weighted by Crippen LogP contribution is 2.13. The van der Waals surface area contributed by atoms with Crippen LogP contribution in [-0.4, -0.2) is 43.7 Å². The van der Waals surface area contributed by atoms with Crippen LogP contribution < -0.4 is 0 Å². The molecule has 1 N–H and O–H groups in total. The van der Waals surface area contributed by atoms with E-state index in [2.05, 4.69) is 15.0 Å². The maximum atomic E-state index is 10.9. The van der Waals surface area contributed by atoms with Crippen molar-refractivity contribution in [3.63, 3.8) is 0 Å². The van der Waals surface area contributed by atoms with Crippen molar-refractivity contribution in [2.75, 3.05) is 13.1 Å². The molecule has 0 aromatic carbocycles. The molecule has 1 aliphatic rings. The number of hydrogen-bond acceptors (Lipinski definition) is 4. The summed E-state index contributed by atoms with van der Waals surface area (Å²) >= 11 is 0. The van der Waals surface area contributed by atoms with Gasteiger partial charge in [-0.2, -0.15) is 0 Å². The molecule has 0 radical (unpaired) electrons. The number of pyridine rings is 1. The molecular weight excluding hydrogens is 256 g/mol. The fourth-order valence-electron chi connectivity index (χ4n) is 2.62. The predicted octanol–water partition coefficient (Wildman–Crippen LogP) is 1.80. The lowest BCUT2D eigenvalue weighted by atomic mass is 10.2. The molecule has 0 atom stereocenters. The molecule has 20 heavy (non-hydrogen) atoms. The number of carbonyl (C=O) groups is 1. The lowest BCUT2D eigenvalue weighted by molar-refractivity contribution is 0.0697. The van der Waals surface area contributed by atoms with Crippen LogP contribution in [0.25, 0.3) is 5.65 Å². The van der Waals surface area contributed by atoms with Gasteiger partial charge in [0, 0.05) is 6.20 Å². The summed E-state index contributed by atoms with van der Waals surface area (Å²) in [6, 6.07) is 3.10. The Balaban J connectivity index is 1.79. The van der Waals surface area contributed by atoms with Gasteiger partial charge in [0.15, 0.2) is 11.5 Å². The quantitative estimate of drug-likeness (QED) is 0.924. The second-order valence-corrected chi connectivity index (χ2v) is 5.24. The van der Waals surface area contributed by atoms with Gasteiger partial charge in [-0.3, -0.25) is 4.90 Å². The van der Waals surface area contributed by atoms with E-state index >= 15 is 0 Å². The Labute approximate surface area is 117 Å². The van der Waals surface area contributed by atoms with Gasteiger partial charge in [0.25, 0.3) is 0 Å². The molecule has 6 heteroatoms. The average Bonchev–Trinajstić information content (AvgIpc) is 2.64. The highest BCUT2D eigenvalue weighted by atomic mass is 16.4. The van der Waals surface area contributed by atoms with E-state index in [0.717, 1.165) is 25.5 Å². The van der Waals surface area contributed by atoms with Crippen LogP contribution >= 0.6 is 0 Å². The fourth-order valence-corrected chi connectivity index (χ4v) is 2.62. The molecule has 2 aromatic rings. The maximum absolute atomic E-state index is 10.9. The number of carboxylic acids is 1. The average molecular weight is 274 g/mol. The van der Waals surface area contributed by atoms with Crippen LogP contribution in [0.15, 0.2) is 18.3 Å². The first-order valence-electron chi connectivity index (χ1n) is 7.03. The van der Waals surface area contributed by atoms with Crippen LogP contribution in [0.5, 0.6) is 0 Å². The molecule has 3 rings (SSSR count). The van der Waals surface area contributed by atoms with E-state index in [4.69, 9.17) is 5.11 Å². The maximum Gasteiger partial charge on any atom is 0.335 e. The third-order valence-electron chi connectivity index (χ3n) is 3.69. The molecule has 2 aromatic heterocycles. The zero-order chi connectivity index (χ0) is 13.9. The summed E-state index contributed by atoms with van der Waals surface area (Å²) in [5, 5.41) is 13.4. The minimum Gasteiger partial charge on any atom is -0.478 e. The van der Waals surface area contributed by atoms with Gasteiger partial charge in [-0.1, -0.05) is 12.8 Å². The van der Waals surface area contributed by atoms with E-state index in [1.54, 1.807) is 22.8 Å². The van der Waals surface area contributed by atoms with Crippen LogP contribution in [0.3, 0.4) is 0 Å². The number of carboxylic acid groups (broad SMARTS) is 1. The fraction of sp³-hybridized carbons (Fsp3) is 0.500. The Hall–Kier alpha value is -1.95. The smallest absolute Gasteiger partial charge is 0.335 e. The summed E-state index contributed by atoms with van der Waals surface area (Å²) in [5.74, 6) is -0.181. The number of hydrogen-bond donors (Lipinski definition) is 1. The molecular formula is C14H18N4O2. The SMILES string of the molecule is O=C(O)c1ccn2nc(CN3CCCCCC3)nc2c1. The summed E-state index contributed by atoms with van der Waals surface area (Å²) in [7, 11) is 0. The molecule has 0 aliphatic carbocycles. The molecule has 1 fully saturated rings. The van der Waals surface area contributed by atoms with Crippen molar-refractivity contribution < 1.29 is 9.90 Å². The number of rotatable bonds is 3. The lowest BCUT2D eigenvalue weighted by Crippen LogP contribution is -2.24. The van der Waals surface area contributed by atoms with Crippen molar-refractivity contribution in [2.45, 2.75) is 32.2 Å². The number of fused-ring (bicyclic) bond motifs is 1. The summed E-state index contributed by atoms with van der Waals surface area (Å²) < 4.78 is 1.64. The van der Waals surface area contributed by atoms with Crippen LogP contribution in [0, 0.1) is 0 Å². The second kappa shape index (κ2) is 5.58. The van der Waals surface area contributed by atoms with Gasteiger partial charge < -0.3 is 5.11 Å². The topological polar surface area (TPSA) is 70.7 Å². The van der Waals surface area contributed by atoms with Crippen LogP contribution in [0.4, 0.5) is 0 Å². The van der Waals surface area contributed by atoms with Gasteiger partial charge in [-0.05, 0) is 38.1 Å². The van der Waals surface area contributed by atoms with Gasteiger partial charge in [0.2, 0.25) is 0 Å². The molecule has 0 unspecified atom stereocenters. The minimum absolute atomic E-state index is 0.242. The summed E-state index contributed by atoms with van der Waals surface area (Å²) in [6.45, 7) is 2.93. The van der Waals surface area contributed by atoms with Crippen molar-refractivity contribution in [3.8, 4) is 0 Å². The summed E-state index contributed by atoms with van der Waals surface area (Å²) in [6.07, 6.45) is 6.72. The normalized spacial score (nSPS) is 17.2. The molecule has 106 valence electrons. The number of nitrogens with zero attached hydrogens (tertiary/aromatic N) is 4. The third-order valence-corrected chi connectivity index (χ3v) is 3.69. The highest BCUT2D eigenvalue weighted by molar-refractivity contribution is 5.88. The summed E-state index contributed by atoms with van der Waals surface area (Å²) in [4.78, 5) is 17.7. The highest BCUT2D eigenvalue weighted by Gasteiger charge is 2.13. The van der Waals surface area contributed by atoms with E-state index in [1.165, 1.54) is 25.7 Å². The molecule has 0 saturated carbocycles. The van der Waals surface area contributed by atoms with Crippen molar-refractivity contribution in [3.05, 3.63) is 29.7 Å². The molecule has 6 nitrogen and oxygen atoms in total. The zero-order valence-corrected chi connectivity index (χ0v) is 11.3. The Morgan fingerprint density at radius 2 is 2.00 bits per heavy atom. The van der Waals surface area contributed by atoms with Crippen LogP contribution in [0.2, 0.25) is 0 Å². The molecule has 1 aliphatic heterocycles. The number of aromatic nitrogens is 3. The minimum atomic E-state index is -0.940. The standard InChI is InChI=1S/C14H18N4O2/c19-14(20)11-5-8-18-13(9-11)15-12(16-18)10-17-6-3-1-2-4-7-17/h5,8-9H,1-4,6-7,10H2,(H,19,20). The van der Waals surface area contributed by atoms with Gasteiger partial charge in [0.05, 0.1) is 12.1 Å². The molecule has 0 bridgehead atoms. The number of aromatic carboxylic acids is 1. The molecule has 0 amide bonds. The van der Waals surface area contributed by atoms with Crippen molar-refractivity contribution in [1.82, 2.24) is 19.5 Å². The number of likely N-dealkylation sites (tertiary alicyclic amines) is 1. The first-order chi connectivity index (χ1) is 9.72. The predicted molar refractivity (Wildman–Crippen MR) is 73.7 cm³/mol. The van der Waals surface area contributed by atoms with Crippen molar-refractivity contribution in [1.29, 1.82) is 0 Å². The Kier molecular flexibility index (Phi) is 3.64. The van der Waals surface area contributed by atoms with E-state index in [1.807, 2.05) is 0 Å². The van der Waals surface area contributed by atoms with Crippen LogP contribution in [0.1, 0.15) is 41.9 Å². The van der Waals surface area contributed by atoms with Gasteiger partial charge in [-0.15, -0.1) is 5.10 Å². The van der Waals surface area contributed by atoms with E-state index in [0.29, 0.717) is 5.65 Å². The van der Waals surface area contributed by atoms with Crippen molar-refractivity contribution in [2.24, 2.45) is 0 Å². The van der Waals surface area contributed by atoms with Gasteiger partial charge in [-0.25, -0.2) is 14.3 Å². The molecule has 1 saturated heterocycles. The van der Waals surface area contributed by atoms with E-state index in [-0.39, 0.29) is 5.56 Å². The first-order valence-corrected chi connectivity index (χ1v) is 7.03. The Morgan fingerprint density at radius 3 is 2.70 bits per heavy atom. The van der Waals surface area contributed by atoms with Gasteiger partial charge in [0.1, 0.15) is 0 Å². The first kappa shape index (κ1) is 13.1. The summed E-state index contributed by atoms with van der Waals surface area (Å²) in [5.41, 5.74) is 0.834. The second-order valence-electron chi connectivity index (χ2n) is 5.24.